The third-order valence-electron chi connectivity index (χ3n) is 3.90. The molecule has 0 N–H and O–H groups in total. The van der Waals surface area contributed by atoms with Crippen LogP contribution in [0, 0.1) is 0 Å². The van der Waals surface area contributed by atoms with Gasteiger partial charge in [-0.1, -0.05) is 66.7 Å². The Labute approximate surface area is 150 Å². The summed E-state index contributed by atoms with van der Waals surface area (Å²) in [6.45, 7) is 0. The second-order valence-electron chi connectivity index (χ2n) is 5.62. The van der Waals surface area contributed by atoms with Crippen LogP contribution in [0.25, 0.3) is 16.9 Å². The molecule has 0 saturated heterocycles. The lowest BCUT2D eigenvalue weighted by molar-refractivity contribution is -0.660. The van der Waals surface area contributed by atoms with Crippen molar-refractivity contribution >= 4 is 11.8 Å². The number of hydrogen-bond donors (Lipinski definition) is 0. The molecule has 0 fully saturated rings. The maximum Gasteiger partial charge on any atom is 0.329 e. The molecule has 0 aliphatic rings. The molecule has 0 unspecified atom stereocenters. The summed E-state index contributed by atoms with van der Waals surface area (Å²) in [5.41, 5.74) is 2.80. The highest BCUT2D eigenvalue weighted by atomic mass is 16.5. The van der Waals surface area contributed by atoms with Gasteiger partial charge in [0.15, 0.2) is 0 Å². The van der Waals surface area contributed by atoms with Crippen molar-refractivity contribution in [2.45, 2.75) is 0 Å². The first-order chi connectivity index (χ1) is 12.8. The highest BCUT2D eigenvalue weighted by Gasteiger charge is 2.28. The van der Waals surface area contributed by atoms with Crippen LogP contribution in [0.1, 0.15) is 5.56 Å². The fourth-order valence-corrected chi connectivity index (χ4v) is 2.65. The van der Waals surface area contributed by atoms with E-state index >= 15 is 0 Å². The molecule has 0 aliphatic carbocycles. The molecule has 5 nitrogen and oxygen atoms in total. The Balaban J connectivity index is 1.87. The maximum atomic E-state index is 12.5. The molecule has 0 bridgehead atoms. The fourth-order valence-electron chi connectivity index (χ4n) is 2.65. The molecule has 4 aromatic rings. The van der Waals surface area contributed by atoms with E-state index in [0.717, 1.165) is 11.3 Å². The number of benzene rings is 3. The van der Waals surface area contributed by atoms with Gasteiger partial charge >= 0.3 is 11.6 Å². The van der Waals surface area contributed by atoms with Crippen molar-refractivity contribution in [1.29, 1.82) is 0 Å². The zero-order chi connectivity index (χ0) is 17.8. The lowest BCUT2D eigenvalue weighted by atomic mass is 10.1. The summed E-state index contributed by atoms with van der Waals surface area (Å²) in [7, 11) is 0. The van der Waals surface area contributed by atoms with E-state index in [1.165, 1.54) is 0 Å². The average Bonchev–Trinajstić information content (AvgIpc) is 3.13. The van der Waals surface area contributed by atoms with Gasteiger partial charge in [0.1, 0.15) is 0 Å². The smallest absolute Gasteiger partial charge is 0.329 e. The van der Waals surface area contributed by atoms with Crippen LogP contribution in [0.3, 0.4) is 0 Å². The van der Waals surface area contributed by atoms with Gasteiger partial charge in [0.2, 0.25) is 11.0 Å². The van der Waals surface area contributed by atoms with Crippen LogP contribution in [0.2, 0.25) is 0 Å². The molecule has 5 heteroatoms. The Morgan fingerprint density at radius 1 is 0.808 bits per heavy atom. The third kappa shape index (κ3) is 3.10. The number of aromatic nitrogens is 2. The first-order valence-electron chi connectivity index (χ1n) is 8.17. The molecule has 126 valence electrons. The normalized spacial score (nSPS) is 11.5. The molecule has 0 aliphatic heterocycles. The van der Waals surface area contributed by atoms with Gasteiger partial charge in [-0.05, 0) is 28.3 Å². The summed E-state index contributed by atoms with van der Waals surface area (Å²) in [4.78, 5) is 4.16. The molecule has 1 aromatic heterocycles. The molecule has 1 heterocycles. The SMILES string of the molecule is [O-]C(=Nc1on[n+](-c2ccccc2)c1-c1ccccc1)c1ccccc1. The van der Waals surface area contributed by atoms with E-state index in [9.17, 15) is 5.11 Å². The fraction of sp³-hybridized carbons (Fsp3) is 0. The van der Waals surface area contributed by atoms with Crippen molar-refractivity contribution in [2.24, 2.45) is 4.99 Å². The minimum atomic E-state index is -0.376. The zero-order valence-corrected chi connectivity index (χ0v) is 13.8. The van der Waals surface area contributed by atoms with Crippen LogP contribution in [0.15, 0.2) is 101 Å². The minimum absolute atomic E-state index is 0.175. The van der Waals surface area contributed by atoms with E-state index in [1.807, 2.05) is 66.7 Å². The van der Waals surface area contributed by atoms with Crippen molar-refractivity contribution in [2.75, 3.05) is 0 Å². The Morgan fingerprint density at radius 3 is 2.04 bits per heavy atom. The van der Waals surface area contributed by atoms with E-state index < -0.39 is 0 Å². The molecular weight excluding hydrogens is 326 g/mol. The number of para-hydroxylation sites is 1. The minimum Gasteiger partial charge on any atom is -0.858 e. The van der Waals surface area contributed by atoms with Gasteiger partial charge in [-0.2, -0.15) is 0 Å². The monoisotopic (exact) mass is 341 g/mol. The number of nitrogens with zero attached hydrogens (tertiary/aromatic N) is 3. The van der Waals surface area contributed by atoms with E-state index in [1.54, 1.807) is 28.9 Å². The Hall–Kier alpha value is -3.73. The molecule has 3 aromatic carbocycles. The van der Waals surface area contributed by atoms with E-state index in [2.05, 4.69) is 10.3 Å². The van der Waals surface area contributed by atoms with Gasteiger partial charge in [-0.3, -0.25) is 4.52 Å². The average molecular weight is 341 g/mol. The van der Waals surface area contributed by atoms with Crippen molar-refractivity contribution in [3.8, 4) is 16.9 Å². The van der Waals surface area contributed by atoms with Gasteiger partial charge in [0.25, 0.3) is 0 Å². The summed E-state index contributed by atoms with van der Waals surface area (Å²) >= 11 is 0. The maximum absolute atomic E-state index is 12.5. The van der Waals surface area contributed by atoms with E-state index in [0.29, 0.717) is 11.3 Å². The Morgan fingerprint density at radius 2 is 1.38 bits per heavy atom. The topological polar surface area (TPSA) is 65.3 Å². The molecule has 26 heavy (non-hydrogen) atoms. The predicted molar refractivity (Wildman–Crippen MR) is 96.1 cm³/mol. The van der Waals surface area contributed by atoms with E-state index in [4.69, 9.17) is 4.52 Å². The zero-order valence-electron chi connectivity index (χ0n) is 13.8. The standard InChI is InChI=1S/C21H15N3O2/c25-20(17-12-6-2-7-13-17)22-21-19(16-10-4-1-5-11-16)24(23-26-21)18-14-8-3-9-15-18/h1-15H. The lowest BCUT2D eigenvalue weighted by Gasteiger charge is -2.08. The quantitative estimate of drug-likeness (QED) is 0.325. The lowest BCUT2D eigenvalue weighted by Crippen LogP contribution is -2.34. The van der Waals surface area contributed by atoms with Crippen LogP contribution >= 0.6 is 0 Å². The number of rotatable bonds is 4. The number of aliphatic imine (C=N–C) groups is 1. The molecule has 4 rings (SSSR count). The van der Waals surface area contributed by atoms with Crippen molar-refractivity contribution < 1.29 is 14.3 Å². The molecule has 0 radical (unpaired) electrons. The van der Waals surface area contributed by atoms with Crippen molar-refractivity contribution in [3.63, 3.8) is 0 Å². The number of hydrogen-bond acceptors (Lipinski definition) is 4. The summed E-state index contributed by atoms with van der Waals surface area (Å²) < 4.78 is 7.07. The Bertz CT molecular complexity index is 1030. The third-order valence-corrected chi connectivity index (χ3v) is 3.90. The summed E-state index contributed by atoms with van der Waals surface area (Å²) in [6.07, 6.45) is 0. The molecule has 0 spiro atoms. The second-order valence-corrected chi connectivity index (χ2v) is 5.62. The van der Waals surface area contributed by atoms with Gasteiger partial charge in [0.05, 0.1) is 5.56 Å². The second kappa shape index (κ2) is 7.03. The van der Waals surface area contributed by atoms with Crippen LogP contribution in [-0.2, 0) is 0 Å². The largest absolute Gasteiger partial charge is 0.858 e. The van der Waals surface area contributed by atoms with Gasteiger partial charge in [-0.25, -0.2) is 4.99 Å². The van der Waals surface area contributed by atoms with Gasteiger partial charge in [-0.15, -0.1) is 0 Å². The highest BCUT2D eigenvalue weighted by molar-refractivity contribution is 5.92. The first-order valence-corrected chi connectivity index (χ1v) is 8.17. The van der Waals surface area contributed by atoms with Crippen LogP contribution in [-0.4, -0.2) is 11.2 Å². The van der Waals surface area contributed by atoms with Gasteiger partial charge in [0, 0.05) is 12.1 Å². The molecule has 0 amide bonds. The van der Waals surface area contributed by atoms with Crippen molar-refractivity contribution in [1.82, 2.24) is 5.27 Å². The first kappa shape index (κ1) is 15.8. The molecule has 0 atom stereocenters. The summed E-state index contributed by atoms with van der Waals surface area (Å²) in [6, 6.07) is 28.1. The highest BCUT2D eigenvalue weighted by Crippen LogP contribution is 2.28. The summed E-state index contributed by atoms with van der Waals surface area (Å²) in [5.74, 6) is -0.201. The van der Waals surface area contributed by atoms with Crippen LogP contribution < -0.4 is 9.79 Å². The van der Waals surface area contributed by atoms with Gasteiger partial charge < -0.3 is 5.11 Å². The molecule has 0 saturated carbocycles. The van der Waals surface area contributed by atoms with Crippen molar-refractivity contribution in [3.05, 3.63) is 96.6 Å². The Kier molecular flexibility index (Phi) is 4.26. The van der Waals surface area contributed by atoms with Crippen LogP contribution in [0.4, 0.5) is 5.88 Å². The summed E-state index contributed by atoms with van der Waals surface area (Å²) in [5, 5.41) is 16.6. The van der Waals surface area contributed by atoms with E-state index in [-0.39, 0.29) is 11.8 Å². The molecular formula is C21H15N3O2. The predicted octanol–water partition coefficient (Wildman–Crippen LogP) is 3.06. The van der Waals surface area contributed by atoms with Crippen LogP contribution in [0.5, 0.6) is 0 Å².